The molecule has 0 aromatic carbocycles. The quantitative estimate of drug-likeness (QED) is 0.283. The number of nitrogens with one attached hydrogen (secondary N) is 2. The zero-order valence-corrected chi connectivity index (χ0v) is 7.28. The van der Waals surface area contributed by atoms with Gasteiger partial charge < -0.3 is 0 Å². The third kappa shape index (κ3) is 3.85. The van der Waals surface area contributed by atoms with Crippen LogP contribution in [0.15, 0.2) is 17.1 Å². The molecule has 0 saturated heterocycles. The number of H-pyrrole nitrogens is 2. The number of rotatable bonds is 0. The Morgan fingerprint density at radius 2 is 2.20 bits per heavy atom. The number of hydrogen-bond acceptors (Lipinski definition) is 1. The van der Waals surface area contributed by atoms with Crippen molar-refractivity contribution >= 4 is 22.3 Å². The molecule has 0 aliphatic rings. The van der Waals surface area contributed by atoms with Gasteiger partial charge in [-0.25, -0.2) is 0 Å². The van der Waals surface area contributed by atoms with E-state index in [-0.39, 0.29) is 5.56 Å². The van der Waals surface area contributed by atoms with Gasteiger partial charge in [-0.2, -0.15) is 0 Å². The van der Waals surface area contributed by atoms with Crippen molar-refractivity contribution in [2.75, 3.05) is 0 Å². The van der Waals surface area contributed by atoms with E-state index in [4.69, 9.17) is 0 Å². The normalized spacial score (nSPS) is 7.90. The summed E-state index contributed by atoms with van der Waals surface area (Å²) in [6, 6.07) is 1.39. The predicted molar refractivity (Wildman–Crippen MR) is 39.3 cm³/mol. The van der Waals surface area contributed by atoms with Crippen LogP contribution in [0.4, 0.5) is 0 Å². The minimum atomic E-state index is -0.145. The fourth-order valence-electron chi connectivity index (χ4n) is 0.391. The zero-order chi connectivity index (χ0) is 7.98. The van der Waals surface area contributed by atoms with E-state index >= 15 is 0 Å². The first-order chi connectivity index (χ1) is 4.79. The van der Waals surface area contributed by atoms with Gasteiger partial charge in [0.05, 0.1) is 0 Å². The summed E-state index contributed by atoms with van der Waals surface area (Å²) >= 11 is 7.50. The molecule has 0 aliphatic carbocycles. The van der Waals surface area contributed by atoms with E-state index in [1.54, 1.807) is 0 Å². The molecule has 0 saturated carbocycles. The Kier molecular flexibility index (Phi) is 5.62. The standard InChI is InChI=1S/C4H4N2OS.ClH.Cu/c7-3-1-2-5-4(8)6-3;;/h1-2H,(H2,5,6,7,8);1H;/q;;+1. The SMILES string of the molecule is O=c1cc[nH]c(=[SH+])[nH]1.[Cl][Cu]. The van der Waals surface area contributed by atoms with E-state index in [0.29, 0.717) is 4.77 Å². The molecule has 0 fully saturated rings. The van der Waals surface area contributed by atoms with Crippen LogP contribution in [-0.4, -0.2) is 9.97 Å². The van der Waals surface area contributed by atoms with Gasteiger partial charge in [0.25, 0.3) is 5.56 Å². The molecule has 6 heteroatoms. The van der Waals surface area contributed by atoms with Crippen molar-refractivity contribution in [2.45, 2.75) is 0 Å². The number of halogens is 1. The fraction of sp³-hybridized carbons (Fsp3) is 0. The molecule has 1 aromatic rings. The molecule has 0 aliphatic heterocycles. The molecular formula is C4H5ClCuN2OS+. The Bertz CT molecular complexity index is 258. The molecule has 60 valence electrons. The van der Waals surface area contributed by atoms with Crippen LogP contribution in [-0.2, 0) is 27.3 Å². The fourth-order valence-corrected chi connectivity index (χ4v) is 0.575. The van der Waals surface area contributed by atoms with Crippen LogP contribution in [0.2, 0.25) is 0 Å². The van der Waals surface area contributed by atoms with E-state index in [0.717, 1.165) is 0 Å². The van der Waals surface area contributed by atoms with Gasteiger partial charge in [-0.1, -0.05) is 0 Å². The second-order valence-corrected chi connectivity index (χ2v) is 1.76. The molecule has 1 heterocycles. The van der Waals surface area contributed by atoms with Gasteiger partial charge in [-0.15, -0.1) is 0 Å². The van der Waals surface area contributed by atoms with E-state index in [9.17, 15) is 4.79 Å². The van der Waals surface area contributed by atoms with Gasteiger partial charge in [0, 0.05) is 12.3 Å². The summed E-state index contributed by atoms with van der Waals surface area (Å²) in [5, 5.41) is 0. The van der Waals surface area contributed by atoms with Crippen LogP contribution < -0.4 is 5.56 Å². The summed E-state index contributed by atoms with van der Waals surface area (Å²) in [4.78, 5) is 15.5. The maximum atomic E-state index is 10.4. The minimum absolute atomic E-state index is 0.145. The average Bonchev–Trinajstić information content (AvgIpc) is 1.91. The van der Waals surface area contributed by atoms with Crippen molar-refractivity contribution in [3.63, 3.8) is 0 Å². The van der Waals surface area contributed by atoms with Crippen molar-refractivity contribution < 1.29 is 15.1 Å². The molecular weight excluding hydrogens is 223 g/mol. The van der Waals surface area contributed by atoms with Crippen molar-refractivity contribution in [2.24, 2.45) is 0 Å². The summed E-state index contributed by atoms with van der Waals surface area (Å²) in [6.45, 7) is 0. The summed E-state index contributed by atoms with van der Waals surface area (Å²) in [6.07, 6.45) is 1.53. The van der Waals surface area contributed by atoms with E-state index in [2.05, 4.69) is 47.4 Å². The molecule has 10 heavy (non-hydrogen) atoms. The van der Waals surface area contributed by atoms with Crippen molar-refractivity contribution in [3.8, 4) is 0 Å². The second kappa shape index (κ2) is 5.68. The number of hydrogen-bond donors (Lipinski definition) is 2. The second-order valence-electron chi connectivity index (χ2n) is 1.32. The zero-order valence-electron chi connectivity index (χ0n) is 4.69. The molecule has 0 radical (unpaired) electrons. The molecule has 3 nitrogen and oxygen atoms in total. The van der Waals surface area contributed by atoms with Gasteiger partial charge in [-0.05, 0) is 0 Å². The van der Waals surface area contributed by atoms with Crippen LogP contribution in [0.3, 0.4) is 0 Å². The van der Waals surface area contributed by atoms with E-state index < -0.39 is 0 Å². The Morgan fingerprint density at radius 3 is 2.50 bits per heavy atom. The van der Waals surface area contributed by atoms with Gasteiger partial charge in [0.2, 0.25) is 12.2 Å². The summed E-state index contributed by atoms with van der Waals surface area (Å²) in [5.74, 6) is 0. The molecule has 0 bridgehead atoms. The van der Waals surface area contributed by atoms with Crippen molar-refractivity contribution in [3.05, 3.63) is 27.4 Å². The van der Waals surface area contributed by atoms with Gasteiger partial charge in [0.15, 0.2) is 0 Å². The summed E-state index contributed by atoms with van der Waals surface area (Å²) in [7, 11) is 4.20. The van der Waals surface area contributed by atoms with Gasteiger partial charge in [-0.3, -0.25) is 14.8 Å². The van der Waals surface area contributed by atoms with Gasteiger partial charge in [0.1, 0.15) is 0 Å². The first-order valence-electron chi connectivity index (χ1n) is 2.20. The number of aromatic nitrogens is 2. The molecule has 2 N–H and O–H groups in total. The summed E-state index contributed by atoms with van der Waals surface area (Å²) in [5.41, 5.74) is -0.145. The van der Waals surface area contributed by atoms with Crippen molar-refractivity contribution in [1.29, 1.82) is 0 Å². The van der Waals surface area contributed by atoms with Crippen LogP contribution in [0.1, 0.15) is 0 Å². The van der Waals surface area contributed by atoms with Gasteiger partial charge >= 0.3 is 30.0 Å². The third-order valence-corrected chi connectivity index (χ3v) is 0.937. The topological polar surface area (TPSA) is 48.6 Å². The molecule has 1 aromatic heterocycles. The van der Waals surface area contributed by atoms with Crippen LogP contribution >= 0.6 is 10.1 Å². The monoisotopic (exact) mass is 227 g/mol. The Labute approximate surface area is 74.9 Å². The number of aromatic amines is 2. The maximum absolute atomic E-state index is 10.4. The third-order valence-electron chi connectivity index (χ3n) is 0.696. The van der Waals surface area contributed by atoms with Crippen molar-refractivity contribution in [1.82, 2.24) is 9.97 Å². The molecule has 0 atom stereocenters. The molecule has 0 spiro atoms. The molecule has 0 amide bonds. The first kappa shape index (κ1) is 9.91. The molecule has 0 unspecified atom stereocenters. The Hall–Kier alpha value is -0.0905. The van der Waals surface area contributed by atoms with Crippen LogP contribution in [0, 0.1) is 4.77 Å². The van der Waals surface area contributed by atoms with E-state index in [1.165, 1.54) is 12.3 Å². The Morgan fingerprint density at radius 1 is 1.60 bits per heavy atom. The van der Waals surface area contributed by atoms with E-state index in [1.807, 2.05) is 0 Å². The first-order valence-corrected chi connectivity index (χ1v) is 3.95. The Balaban J connectivity index is 0.000000371. The van der Waals surface area contributed by atoms with Crippen LogP contribution in [0.25, 0.3) is 0 Å². The van der Waals surface area contributed by atoms with Crippen LogP contribution in [0.5, 0.6) is 0 Å². The average molecular weight is 228 g/mol. The molecule has 1 rings (SSSR count). The predicted octanol–water partition coefficient (Wildman–Crippen LogP) is 0.201. The number of thiol groups is 1. The summed E-state index contributed by atoms with van der Waals surface area (Å²) < 4.78 is 0.470.